The van der Waals surface area contributed by atoms with Gasteiger partial charge in [0, 0.05) is 25.0 Å². The Hall–Kier alpha value is -1.63. The number of carbonyl (C=O) groups is 1. The van der Waals surface area contributed by atoms with E-state index < -0.39 is 0 Å². The molecule has 1 aliphatic carbocycles. The van der Waals surface area contributed by atoms with Gasteiger partial charge in [-0.05, 0) is 32.2 Å². The Morgan fingerprint density at radius 1 is 1.08 bits per heavy atom. The summed E-state index contributed by atoms with van der Waals surface area (Å²) in [5, 5.41) is 27.8. The predicted molar refractivity (Wildman–Crippen MR) is 89.6 cm³/mol. The van der Waals surface area contributed by atoms with E-state index in [0.29, 0.717) is 32.5 Å². The van der Waals surface area contributed by atoms with E-state index in [1.165, 1.54) is 0 Å². The fourth-order valence-corrected chi connectivity index (χ4v) is 4.13. The Morgan fingerprint density at radius 3 is 2.38 bits per heavy atom. The molecule has 1 N–H and O–H groups in total. The molecule has 0 radical (unpaired) electrons. The number of nitrogens with zero attached hydrogens (tertiary/aromatic N) is 4. The molecule has 0 aromatic carbocycles. The summed E-state index contributed by atoms with van der Waals surface area (Å²) < 4.78 is 0. The Kier molecular flexibility index (Phi) is 7.49. The third kappa shape index (κ3) is 4.93. The van der Waals surface area contributed by atoms with Gasteiger partial charge in [0.15, 0.2) is 0 Å². The van der Waals surface area contributed by atoms with E-state index in [-0.39, 0.29) is 24.0 Å². The normalized spacial score (nSPS) is 27.4. The van der Waals surface area contributed by atoms with Gasteiger partial charge in [0.2, 0.25) is 5.91 Å². The van der Waals surface area contributed by atoms with E-state index in [4.69, 9.17) is 10.5 Å². The molecule has 1 saturated heterocycles. The quantitative estimate of drug-likeness (QED) is 0.765. The summed E-state index contributed by atoms with van der Waals surface area (Å²) in [5.41, 5.74) is 0. The van der Waals surface area contributed by atoms with Gasteiger partial charge in [0.25, 0.3) is 0 Å². The van der Waals surface area contributed by atoms with Crippen LogP contribution in [0.4, 0.5) is 0 Å². The second-order valence-corrected chi connectivity index (χ2v) is 6.89. The van der Waals surface area contributed by atoms with Gasteiger partial charge in [-0.15, -0.1) is 0 Å². The Bertz CT molecular complexity index is 478. The molecule has 24 heavy (non-hydrogen) atoms. The zero-order valence-electron chi connectivity index (χ0n) is 14.4. The number of rotatable bonds is 7. The number of hydrogen-bond donors (Lipinski definition) is 1. The maximum absolute atomic E-state index is 12.6. The standard InChI is InChI=1S/C18H28N4O2/c19-9-4-12-21(13-5-10-20)18(24)14-22-11-3-7-16(22)15-6-1-2-8-17(15)23/h15-17,23H,1-8,11-14H2/t15-,16+,17-/m0/s1. The number of aliphatic hydroxyl groups is 1. The Balaban J connectivity index is 1.94. The van der Waals surface area contributed by atoms with Crippen molar-refractivity contribution < 1.29 is 9.90 Å². The Labute approximate surface area is 144 Å². The van der Waals surface area contributed by atoms with Crippen molar-refractivity contribution in [2.45, 2.75) is 63.5 Å². The molecule has 2 aliphatic rings. The molecule has 1 amide bonds. The smallest absolute Gasteiger partial charge is 0.236 e. The van der Waals surface area contributed by atoms with Crippen LogP contribution in [0.1, 0.15) is 51.4 Å². The van der Waals surface area contributed by atoms with Crippen molar-refractivity contribution in [2.75, 3.05) is 26.2 Å². The van der Waals surface area contributed by atoms with E-state index in [0.717, 1.165) is 45.1 Å². The average molecular weight is 332 g/mol. The van der Waals surface area contributed by atoms with E-state index in [1.54, 1.807) is 4.90 Å². The lowest BCUT2D eigenvalue weighted by atomic mass is 9.80. The maximum atomic E-state index is 12.6. The molecular weight excluding hydrogens is 304 g/mol. The van der Waals surface area contributed by atoms with Crippen molar-refractivity contribution in [1.29, 1.82) is 10.5 Å². The largest absolute Gasteiger partial charge is 0.393 e. The SMILES string of the molecule is N#CCCN(CCC#N)C(=O)CN1CCC[C@@H]1[C@@H]1CCCC[C@@H]1O. The van der Waals surface area contributed by atoms with Crippen LogP contribution in [-0.4, -0.2) is 59.1 Å². The van der Waals surface area contributed by atoms with Crippen molar-refractivity contribution in [1.82, 2.24) is 9.80 Å². The molecule has 0 aromatic rings. The summed E-state index contributed by atoms with van der Waals surface area (Å²) in [4.78, 5) is 16.5. The molecule has 1 heterocycles. The minimum absolute atomic E-state index is 0.00213. The van der Waals surface area contributed by atoms with Crippen LogP contribution in [0.15, 0.2) is 0 Å². The minimum atomic E-state index is -0.243. The van der Waals surface area contributed by atoms with Gasteiger partial charge in [-0.25, -0.2) is 0 Å². The first-order chi connectivity index (χ1) is 11.7. The molecule has 1 aliphatic heterocycles. The number of amides is 1. The minimum Gasteiger partial charge on any atom is -0.393 e. The molecule has 6 heteroatoms. The first-order valence-electron chi connectivity index (χ1n) is 9.11. The van der Waals surface area contributed by atoms with E-state index in [9.17, 15) is 9.90 Å². The first-order valence-corrected chi connectivity index (χ1v) is 9.11. The summed E-state index contributed by atoms with van der Waals surface area (Å²) in [6, 6.07) is 4.42. The van der Waals surface area contributed by atoms with Crippen LogP contribution in [0.5, 0.6) is 0 Å². The van der Waals surface area contributed by atoms with Crippen LogP contribution in [0, 0.1) is 28.6 Å². The van der Waals surface area contributed by atoms with Crippen molar-refractivity contribution in [2.24, 2.45) is 5.92 Å². The topological polar surface area (TPSA) is 91.4 Å². The third-order valence-electron chi connectivity index (χ3n) is 5.37. The van der Waals surface area contributed by atoms with Gasteiger partial charge >= 0.3 is 0 Å². The first kappa shape index (κ1) is 18.7. The van der Waals surface area contributed by atoms with Crippen molar-refractivity contribution in [3.8, 4) is 12.1 Å². The summed E-state index contributed by atoms with van der Waals surface area (Å²) >= 11 is 0. The maximum Gasteiger partial charge on any atom is 0.236 e. The highest BCUT2D eigenvalue weighted by molar-refractivity contribution is 5.78. The summed E-state index contributed by atoms with van der Waals surface area (Å²) in [7, 11) is 0. The van der Waals surface area contributed by atoms with Crippen LogP contribution < -0.4 is 0 Å². The lowest BCUT2D eigenvalue weighted by molar-refractivity contribution is -0.133. The van der Waals surface area contributed by atoms with Crippen molar-refractivity contribution >= 4 is 5.91 Å². The number of carbonyl (C=O) groups excluding carboxylic acids is 1. The number of nitriles is 2. The summed E-state index contributed by atoms with van der Waals surface area (Å²) in [6.45, 7) is 2.01. The molecule has 0 spiro atoms. The second kappa shape index (κ2) is 9.61. The Morgan fingerprint density at radius 2 is 1.75 bits per heavy atom. The van der Waals surface area contributed by atoms with Crippen LogP contribution in [0.2, 0.25) is 0 Å². The van der Waals surface area contributed by atoms with Gasteiger partial charge < -0.3 is 10.0 Å². The van der Waals surface area contributed by atoms with E-state index >= 15 is 0 Å². The molecule has 0 bridgehead atoms. The average Bonchev–Trinajstić information content (AvgIpc) is 3.03. The highest BCUT2D eigenvalue weighted by atomic mass is 16.3. The fraction of sp³-hybridized carbons (Fsp3) is 0.833. The molecule has 2 rings (SSSR count). The van der Waals surface area contributed by atoms with Gasteiger partial charge in [-0.1, -0.05) is 12.8 Å². The van der Waals surface area contributed by atoms with Crippen molar-refractivity contribution in [3.63, 3.8) is 0 Å². The number of aliphatic hydroxyl groups excluding tert-OH is 1. The fourth-order valence-electron chi connectivity index (χ4n) is 4.13. The van der Waals surface area contributed by atoms with Crippen LogP contribution >= 0.6 is 0 Å². The predicted octanol–water partition coefficient (Wildman–Crippen LogP) is 1.66. The molecule has 0 unspecified atom stereocenters. The zero-order valence-corrected chi connectivity index (χ0v) is 14.4. The van der Waals surface area contributed by atoms with E-state index in [1.807, 2.05) is 0 Å². The van der Waals surface area contributed by atoms with Crippen LogP contribution in [0.3, 0.4) is 0 Å². The molecule has 1 saturated carbocycles. The van der Waals surface area contributed by atoms with Crippen LogP contribution in [0.25, 0.3) is 0 Å². The summed E-state index contributed by atoms with van der Waals surface area (Å²) in [6.07, 6.45) is 6.64. The van der Waals surface area contributed by atoms with E-state index in [2.05, 4.69) is 17.0 Å². The molecule has 6 nitrogen and oxygen atoms in total. The molecule has 3 atom stereocenters. The monoisotopic (exact) mass is 332 g/mol. The zero-order chi connectivity index (χ0) is 17.4. The number of hydrogen-bond acceptors (Lipinski definition) is 5. The lowest BCUT2D eigenvalue weighted by Crippen LogP contribution is -2.47. The molecular formula is C18H28N4O2. The van der Waals surface area contributed by atoms with Crippen LogP contribution in [-0.2, 0) is 4.79 Å². The second-order valence-electron chi connectivity index (χ2n) is 6.89. The highest BCUT2D eigenvalue weighted by Gasteiger charge is 2.37. The molecule has 132 valence electrons. The highest BCUT2D eigenvalue weighted by Crippen LogP contribution is 2.34. The number of likely N-dealkylation sites (tertiary alicyclic amines) is 1. The van der Waals surface area contributed by atoms with Gasteiger partial charge in [0.1, 0.15) is 0 Å². The van der Waals surface area contributed by atoms with Crippen molar-refractivity contribution in [3.05, 3.63) is 0 Å². The van der Waals surface area contributed by atoms with Gasteiger partial charge in [0.05, 0.1) is 37.6 Å². The van der Waals surface area contributed by atoms with Gasteiger partial charge in [-0.3, -0.25) is 9.69 Å². The summed E-state index contributed by atoms with van der Waals surface area (Å²) in [5.74, 6) is 0.276. The van der Waals surface area contributed by atoms with Gasteiger partial charge in [-0.2, -0.15) is 10.5 Å². The third-order valence-corrected chi connectivity index (χ3v) is 5.37. The lowest BCUT2D eigenvalue weighted by Gasteiger charge is -2.37. The molecule has 0 aromatic heterocycles. The molecule has 2 fully saturated rings.